The van der Waals surface area contributed by atoms with Gasteiger partial charge in [0.2, 0.25) is 5.91 Å². The molecular weight excluding hydrogens is 462 g/mol. The van der Waals surface area contributed by atoms with E-state index >= 15 is 0 Å². The molecule has 192 valence electrons. The highest BCUT2D eigenvalue weighted by Crippen LogP contribution is 2.34. The Morgan fingerprint density at radius 2 is 1.89 bits per heavy atom. The molecule has 5 rings (SSSR count). The van der Waals surface area contributed by atoms with Gasteiger partial charge in [-0.1, -0.05) is 16.8 Å². The van der Waals surface area contributed by atoms with Gasteiger partial charge < -0.3 is 19.5 Å². The molecule has 0 bridgehead atoms. The van der Waals surface area contributed by atoms with Gasteiger partial charge in [-0.3, -0.25) is 4.79 Å². The summed E-state index contributed by atoms with van der Waals surface area (Å²) in [7, 11) is 1.78. The Labute approximate surface area is 214 Å². The van der Waals surface area contributed by atoms with Gasteiger partial charge in [0.05, 0.1) is 11.8 Å². The van der Waals surface area contributed by atoms with Crippen LogP contribution in [0.1, 0.15) is 82.2 Å². The largest absolute Gasteiger partial charge is 0.381 e. The van der Waals surface area contributed by atoms with Crippen molar-refractivity contribution in [2.45, 2.75) is 88.7 Å². The number of likely N-dealkylation sites (tertiary alicyclic amines) is 1. The number of benzene rings is 1. The zero-order valence-corrected chi connectivity index (χ0v) is 21.8. The molecule has 3 aliphatic rings. The number of carbonyl (C=O) groups is 1. The lowest BCUT2D eigenvalue weighted by Gasteiger charge is -2.34. The van der Waals surface area contributed by atoms with Gasteiger partial charge in [-0.15, -0.1) is 0 Å². The monoisotopic (exact) mass is 501 g/mol. The summed E-state index contributed by atoms with van der Waals surface area (Å²) in [4.78, 5) is 15.1. The van der Waals surface area contributed by atoms with Crippen LogP contribution in [0.25, 0.3) is 11.0 Å². The van der Waals surface area contributed by atoms with Crippen LogP contribution in [0.3, 0.4) is 0 Å². The Morgan fingerprint density at radius 1 is 1.11 bits per heavy atom. The van der Waals surface area contributed by atoms with Gasteiger partial charge in [-0.2, -0.15) is 0 Å². The van der Waals surface area contributed by atoms with E-state index in [-0.39, 0.29) is 5.91 Å². The molecule has 7 heteroatoms. The number of ether oxygens (including phenoxy) is 1. The molecule has 1 N–H and O–H groups in total. The first-order valence-electron chi connectivity index (χ1n) is 13.7. The third-order valence-corrected chi connectivity index (χ3v) is 9.04. The number of amides is 1. The summed E-state index contributed by atoms with van der Waals surface area (Å²) in [6, 6.07) is 6.20. The number of nitrogens with one attached hydrogen (secondary N) is 1. The number of aromatic nitrogens is 1. The molecule has 2 aromatic rings. The van der Waals surface area contributed by atoms with E-state index in [2.05, 4.69) is 15.4 Å². The normalized spacial score (nSPS) is 28.5. The average molecular weight is 502 g/mol. The summed E-state index contributed by atoms with van der Waals surface area (Å²) < 4.78 is 11.0. The van der Waals surface area contributed by atoms with Gasteiger partial charge in [0, 0.05) is 42.0 Å². The van der Waals surface area contributed by atoms with Crippen molar-refractivity contribution < 1.29 is 14.1 Å². The Kier molecular flexibility index (Phi) is 8.31. The molecule has 0 spiro atoms. The predicted molar refractivity (Wildman–Crippen MR) is 139 cm³/mol. The standard InChI is InChI=1S/C28H40ClN3O3/c1-34-24-8-4-20(16-24)17-27(33)30-23-6-2-19(3-7-23)10-13-32-14-11-21(12-15-32)28-25-9-5-22(29)18-26(25)35-31-28/h5,9,18-21,23-24H,2-4,6-8,10-17H2,1H3,(H,30,33)/t19?,20-,23?,24-/m0/s1. The number of fused-ring (bicyclic) bond motifs is 1. The van der Waals surface area contributed by atoms with Crippen LogP contribution in [0.5, 0.6) is 0 Å². The highest BCUT2D eigenvalue weighted by atomic mass is 35.5. The van der Waals surface area contributed by atoms with Crippen LogP contribution in [0.15, 0.2) is 22.7 Å². The quantitative estimate of drug-likeness (QED) is 0.485. The molecule has 2 heterocycles. The summed E-state index contributed by atoms with van der Waals surface area (Å²) in [5, 5.41) is 9.51. The predicted octanol–water partition coefficient (Wildman–Crippen LogP) is 5.93. The SMILES string of the molecule is CO[C@H]1CC[C@H](CC(=O)NC2CCC(CCN3CCC(c4noc5cc(Cl)ccc45)CC3)CC2)C1. The van der Waals surface area contributed by atoms with Crippen LogP contribution in [-0.4, -0.2) is 54.9 Å². The van der Waals surface area contributed by atoms with E-state index in [0.717, 1.165) is 80.6 Å². The van der Waals surface area contributed by atoms with Gasteiger partial charge in [-0.25, -0.2) is 0 Å². The number of methoxy groups -OCH3 is 1. The van der Waals surface area contributed by atoms with E-state index in [4.69, 9.17) is 20.9 Å². The second-order valence-corrected chi connectivity index (χ2v) is 11.6. The fraction of sp³-hybridized carbons (Fsp3) is 0.714. The van der Waals surface area contributed by atoms with Crippen molar-refractivity contribution in [2.24, 2.45) is 11.8 Å². The fourth-order valence-corrected chi connectivity index (χ4v) is 6.76. The minimum absolute atomic E-state index is 0.251. The third kappa shape index (κ3) is 6.39. The first-order chi connectivity index (χ1) is 17.1. The van der Waals surface area contributed by atoms with Crippen molar-refractivity contribution >= 4 is 28.5 Å². The maximum atomic E-state index is 12.5. The number of halogens is 1. The van der Waals surface area contributed by atoms with Crippen molar-refractivity contribution in [2.75, 3.05) is 26.7 Å². The van der Waals surface area contributed by atoms with Crippen molar-refractivity contribution in [1.29, 1.82) is 0 Å². The van der Waals surface area contributed by atoms with E-state index in [1.165, 1.54) is 25.8 Å². The maximum Gasteiger partial charge on any atom is 0.220 e. The third-order valence-electron chi connectivity index (χ3n) is 8.80. The summed E-state index contributed by atoms with van der Waals surface area (Å²) in [6.07, 6.45) is 12.6. The van der Waals surface area contributed by atoms with Crippen LogP contribution in [0.2, 0.25) is 5.02 Å². The Balaban J connectivity index is 0.984. The van der Waals surface area contributed by atoms with Gasteiger partial charge in [0.25, 0.3) is 0 Å². The van der Waals surface area contributed by atoms with E-state index in [9.17, 15) is 4.79 Å². The summed E-state index contributed by atoms with van der Waals surface area (Å²) in [5.41, 5.74) is 1.89. The number of rotatable bonds is 8. The molecule has 1 aromatic heterocycles. The molecule has 6 nitrogen and oxygen atoms in total. The number of nitrogens with zero attached hydrogens (tertiary/aromatic N) is 2. The molecule has 0 radical (unpaired) electrons. The highest BCUT2D eigenvalue weighted by molar-refractivity contribution is 6.31. The molecule has 3 fully saturated rings. The molecule has 0 unspecified atom stereocenters. The molecular formula is C28H40ClN3O3. The number of hydrogen-bond donors (Lipinski definition) is 1. The lowest BCUT2D eigenvalue weighted by atomic mass is 9.83. The molecule has 2 aliphatic carbocycles. The van der Waals surface area contributed by atoms with Crippen LogP contribution >= 0.6 is 11.6 Å². The Hall–Kier alpha value is -1.63. The van der Waals surface area contributed by atoms with Gasteiger partial charge >= 0.3 is 0 Å². The van der Waals surface area contributed by atoms with Gasteiger partial charge in [0.15, 0.2) is 5.58 Å². The second kappa shape index (κ2) is 11.6. The summed E-state index contributed by atoms with van der Waals surface area (Å²) in [5.74, 6) is 2.02. The Morgan fingerprint density at radius 3 is 2.63 bits per heavy atom. The van der Waals surface area contributed by atoms with E-state index in [1.807, 2.05) is 18.2 Å². The molecule has 2 atom stereocenters. The molecule has 1 aliphatic heterocycles. The van der Waals surface area contributed by atoms with E-state index in [1.54, 1.807) is 7.11 Å². The average Bonchev–Trinajstić information content (AvgIpc) is 3.50. The van der Waals surface area contributed by atoms with Crippen molar-refractivity contribution in [3.63, 3.8) is 0 Å². The summed E-state index contributed by atoms with van der Waals surface area (Å²) >= 11 is 6.08. The van der Waals surface area contributed by atoms with Crippen LogP contribution < -0.4 is 5.32 Å². The number of carbonyl (C=O) groups excluding carboxylic acids is 1. The first-order valence-corrected chi connectivity index (χ1v) is 14.0. The van der Waals surface area contributed by atoms with E-state index < -0.39 is 0 Å². The molecule has 2 saturated carbocycles. The summed E-state index contributed by atoms with van der Waals surface area (Å²) in [6.45, 7) is 3.44. The fourth-order valence-electron chi connectivity index (χ4n) is 6.59. The van der Waals surface area contributed by atoms with Crippen LogP contribution in [0, 0.1) is 11.8 Å². The zero-order chi connectivity index (χ0) is 24.2. The van der Waals surface area contributed by atoms with Crippen molar-refractivity contribution in [3.8, 4) is 0 Å². The second-order valence-electron chi connectivity index (χ2n) is 11.1. The smallest absolute Gasteiger partial charge is 0.220 e. The van der Waals surface area contributed by atoms with E-state index in [0.29, 0.717) is 35.4 Å². The van der Waals surface area contributed by atoms with Crippen LogP contribution in [-0.2, 0) is 9.53 Å². The van der Waals surface area contributed by atoms with Gasteiger partial charge in [-0.05, 0) is 108 Å². The first kappa shape index (κ1) is 25.0. The Bertz CT molecular complexity index is 979. The van der Waals surface area contributed by atoms with Gasteiger partial charge in [0.1, 0.15) is 0 Å². The molecule has 1 aromatic carbocycles. The van der Waals surface area contributed by atoms with Crippen molar-refractivity contribution in [1.82, 2.24) is 15.4 Å². The topological polar surface area (TPSA) is 67.6 Å². The molecule has 1 amide bonds. The lowest BCUT2D eigenvalue weighted by Crippen LogP contribution is -2.39. The lowest BCUT2D eigenvalue weighted by molar-refractivity contribution is -0.123. The van der Waals surface area contributed by atoms with Crippen LogP contribution in [0.4, 0.5) is 0 Å². The molecule has 35 heavy (non-hydrogen) atoms. The zero-order valence-electron chi connectivity index (χ0n) is 21.0. The minimum atomic E-state index is 0.251. The number of hydrogen-bond acceptors (Lipinski definition) is 5. The maximum absolute atomic E-state index is 12.5. The minimum Gasteiger partial charge on any atom is -0.381 e. The molecule has 1 saturated heterocycles. The highest BCUT2D eigenvalue weighted by Gasteiger charge is 2.29. The van der Waals surface area contributed by atoms with Crippen molar-refractivity contribution in [3.05, 3.63) is 28.9 Å². The number of piperidine rings is 1.